The summed E-state index contributed by atoms with van der Waals surface area (Å²) in [7, 11) is 3.25. The van der Waals surface area contributed by atoms with Gasteiger partial charge in [-0.1, -0.05) is 24.3 Å². The molecule has 0 aliphatic rings. The van der Waals surface area contributed by atoms with Crippen LogP contribution < -0.4 is 19.9 Å². The van der Waals surface area contributed by atoms with Crippen LogP contribution in [0.1, 0.15) is 5.56 Å². The Hall–Kier alpha value is -3.21. The molecule has 0 saturated carbocycles. The van der Waals surface area contributed by atoms with Gasteiger partial charge in [0.1, 0.15) is 0 Å². The molecule has 5 nitrogen and oxygen atoms in total. The molecule has 2 aromatic carbocycles. The van der Waals surface area contributed by atoms with Crippen molar-refractivity contribution >= 4 is 5.69 Å². The van der Waals surface area contributed by atoms with Crippen molar-refractivity contribution in [2.75, 3.05) is 26.6 Å². The van der Waals surface area contributed by atoms with Crippen LogP contribution in [0.15, 0.2) is 60.7 Å². The van der Waals surface area contributed by atoms with Crippen LogP contribution in [0.25, 0.3) is 11.3 Å². The Morgan fingerprint density at radius 3 is 2.46 bits per heavy atom. The molecule has 0 bridgehead atoms. The molecule has 26 heavy (non-hydrogen) atoms. The number of hydrogen-bond acceptors (Lipinski definition) is 5. The minimum absolute atomic E-state index is 0.517. The van der Waals surface area contributed by atoms with E-state index in [0.29, 0.717) is 29.7 Å². The monoisotopic (exact) mass is 350 g/mol. The van der Waals surface area contributed by atoms with Gasteiger partial charge >= 0.3 is 0 Å². The minimum atomic E-state index is 0.517. The van der Waals surface area contributed by atoms with E-state index in [-0.39, 0.29) is 0 Å². The number of aromatic nitrogens is 1. The first-order valence-electron chi connectivity index (χ1n) is 8.36. The van der Waals surface area contributed by atoms with Crippen LogP contribution in [0.2, 0.25) is 0 Å². The van der Waals surface area contributed by atoms with Crippen LogP contribution in [0, 0.1) is 0 Å². The van der Waals surface area contributed by atoms with E-state index in [0.717, 1.165) is 23.2 Å². The van der Waals surface area contributed by atoms with Gasteiger partial charge in [-0.05, 0) is 35.9 Å². The second-order valence-corrected chi connectivity index (χ2v) is 5.77. The molecule has 0 amide bonds. The van der Waals surface area contributed by atoms with Gasteiger partial charge in [-0.3, -0.25) is 0 Å². The number of ether oxygens (including phenoxy) is 3. The molecule has 0 saturated heterocycles. The van der Waals surface area contributed by atoms with Gasteiger partial charge in [0, 0.05) is 23.7 Å². The van der Waals surface area contributed by atoms with Gasteiger partial charge in [-0.25, -0.2) is 4.98 Å². The van der Waals surface area contributed by atoms with Gasteiger partial charge in [-0.15, -0.1) is 0 Å². The van der Waals surface area contributed by atoms with Crippen LogP contribution >= 0.6 is 0 Å². The number of pyridine rings is 1. The summed E-state index contributed by atoms with van der Waals surface area (Å²) in [6.07, 6.45) is 0.741. The van der Waals surface area contributed by atoms with E-state index in [9.17, 15) is 0 Å². The highest BCUT2D eigenvalue weighted by atomic mass is 16.5. The largest absolute Gasteiger partial charge is 0.493 e. The van der Waals surface area contributed by atoms with Crippen molar-refractivity contribution < 1.29 is 14.2 Å². The Kier molecular flexibility index (Phi) is 5.59. The maximum atomic E-state index is 5.84. The molecule has 3 aromatic rings. The zero-order valence-electron chi connectivity index (χ0n) is 14.9. The Morgan fingerprint density at radius 1 is 0.885 bits per heavy atom. The van der Waals surface area contributed by atoms with E-state index >= 15 is 0 Å². The second-order valence-electron chi connectivity index (χ2n) is 5.77. The van der Waals surface area contributed by atoms with Gasteiger partial charge in [0.15, 0.2) is 11.5 Å². The quantitative estimate of drug-likeness (QED) is 0.653. The summed E-state index contributed by atoms with van der Waals surface area (Å²) >= 11 is 0. The third-order valence-corrected chi connectivity index (χ3v) is 3.99. The summed E-state index contributed by atoms with van der Waals surface area (Å²) < 4.78 is 16.4. The lowest BCUT2D eigenvalue weighted by molar-refractivity contribution is 0.309. The average Bonchev–Trinajstić information content (AvgIpc) is 2.68. The van der Waals surface area contributed by atoms with Crippen molar-refractivity contribution in [3.8, 4) is 28.6 Å². The predicted octanol–water partition coefficient (Wildman–Crippen LogP) is 3.97. The molecule has 5 heteroatoms. The number of nitrogens with zero attached hydrogens (tertiary/aromatic N) is 1. The number of methoxy groups -OCH3 is 2. The van der Waals surface area contributed by atoms with Gasteiger partial charge < -0.3 is 19.9 Å². The van der Waals surface area contributed by atoms with E-state index < -0.39 is 0 Å². The van der Waals surface area contributed by atoms with Crippen molar-refractivity contribution in [2.45, 2.75) is 6.42 Å². The van der Waals surface area contributed by atoms with Gasteiger partial charge in [0.05, 0.1) is 26.5 Å². The van der Waals surface area contributed by atoms with Crippen molar-refractivity contribution in [3.05, 3.63) is 66.2 Å². The van der Waals surface area contributed by atoms with Crippen LogP contribution in [0.3, 0.4) is 0 Å². The maximum absolute atomic E-state index is 5.84. The molecule has 2 N–H and O–H groups in total. The van der Waals surface area contributed by atoms with Crippen LogP contribution in [-0.4, -0.2) is 25.8 Å². The first-order chi connectivity index (χ1) is 12.7. The summed E-state index contributed by atoms with van der Waals surface area (Å²) in [5.74, 6) is 2.02. The molecule has 0 unspecified atom stereocenters. The smallest absolute Gasteiger partial charge is 0.213 e. The fourth-order valence-electron chi connectivity index (χ4n) is 2.66. The van der Waals surface area contributed by atoms with Crippen molar-refractivity contribution in [2.24, 2.45) is 0 Å². The molecule has 0 spiro atoms. The fraction of sp³-hybridized carbons (Fsp3) is 0.190. The predicted molar refractivity (Wildman–Crippen MR) is 103 cm³/mol. The molecule has 0 aliphatic carbocycles. The third kappa shape index (κ3) is 4.25. The number of hydrogen-bond donors (Lipinski definition) is 1. The second kappa shape index (κ2) is 8.25. The molecular formula is C21H22N2O3. The minimum Gasteiger partial charge on any atom is -0.493 e. The fourth-order valence-corrected chi connectivity index (χ4v) is 2.66. The van der Waals surface area contributed by atoms with Crippen LogP contribution in [0.4, 0.5) is 5.69 Å². The van der Waals surface area contributed by atoms with E-state index in [1.165, 1.54) is 0 Å². The molecule has 0 radical (unpaired) electrons. The molecule has 3 rings (SSSR count). The van der Waals surface area contributed by atoms with Gasteiger partial charge in [0.25, 0.3) is 0 Å². The van der Waals surface area contributed by atoms with E-state index in [1.54, 1.807) is 14.2 Å². The van der Waals surface area contributed by atoms with E-state index in [1.807, 2.05) is 60.7 Å². The summed E-state index contributed by atoms with van der Waals surface area (Å²) in [4.78, 5) is 4.55. The van der Waals surface area contributed by atoms with Crippen LogP contribution in [-0.2, 0) is 6.42 Å². The van der Waals surface area contributed by atoms with Crippen molar-refractivity contribution in [3.63, 3.8) is 0 Å². The van der Waals surface area contributed by atoms with Crippen LogP contribution in [0.5, 0.6) is 17.4 Å². The van der Waals surface area contributed by atoms with Gasteiger partial charge in [-0.2, -0.15) is 0 Å². The number of benzene rings is 2. The highest BCUT2D eigenvalue weighted by molar-refractivity contribution is 5.64. The lowest BCUT2D eigenvalue weighted by atomic mass is 10.1. The summed E-state index contributed by atoms with van der Waals surface area (Å²) in [5.41, 5.74) is 9.47. The third-order valence-electron chi connectivity index (χ3n) is 3.99. The highest BCUT2D eigenvalue weighted by Crippen LogP contribution is 2.28. The molecule has 1 heterocycles. The van der Waals surface area contributed by atoms with Crippen molar-refractivity contribution in [1.29, 1.82) is 0 Å². The lowest BCUT2D eigenvalue weighted by Gasteiger charge is -2.10. The van der Waals surface area contributed by atoms with Crippen molar-refractivity contribution in [1.82, 2.24) is 4.98 Å². The molecule has 0 fully saturated rings. The first-order valence-corrected chi connectivity index (χ1v) is 8.36. The normalized spacial score (nSPS) is 10.4. The maximum Gasteiger partial charge on any atom is 0.213 e. The lowest BCUT2D eigenvalue weighted by Crippen LogP contribution is -2.03. The Morgan fingerprint density at radius 2 is 1.69 bits per heavy atom. The molecule has 0 aliphatic heterocycles. The Bertz CT molecular complexity index is 881. The average molecular weight is 350 g/mol. The number of nitrogen functional groups attached to an aromatic ring is 1. The number of rotatable bonds is 7. The van der Waals surface area contributed by atoms with E-state index in [4.69, 9.17) is 19.9 Å². The summed E-state index contributed by atoms with van der Waals surface area (Å²) in [5, 5.41) is 0. The summed E-state index contributed by atoms with van der Waals surface area (Å²) in [6.45, 7) is 0.517. The zero-order valence-corrected chi connectivity index (χ0v) is 14.9. The highest BCUT2D eigenvalue weighted by Gasteiger charge is 2.06. The molecular weight excluding hydrogens is 328 g/mol. The Labute approximate surface area is 153 Å². The SMILES string of the molecule is COc1ccc(CCOc2cccc(-c3cccc(N)c3)n2)cc1OC. The molecule has 0 atom stereocenters. The Balaban J connectivity index is 1.64. The zero-order chi connectivity index (χ0) is 18.4. The number of nitrogens with two attached hydrogens (primary N) is 1. The topological polar surface area (TPSA) is 66.6 Å². The number of anilines is 1. The standard InChI is InChI=1S/C21H22N2O3/c1-24-19-10-9-15(13-20(19)25-2)11-12-26-21-8-4-7-18(23-21)16-5-3-6-17(22)14-16/h3-10,13-14H,11-12,22H2,1-2H3. The summed E-state index contributed by atoms with van der Waals surface area (Å²) in [6, 6.07) is 19.2. The first kappa shape index (κ1) is 17.6. The van der Waals surface area contributed by atoms with E-state index in [2.05, 4.69) is 4.98 Å². The molecule has 134 valence electrons. The van der Waals surface area contributed by atoms with Gasteiger partial charge in [0.2, 0.25) is 5.88 Å². The molecule has 1 aromatic heterocycles.